The largest absolute Gasteiger partial charge is 0.259 e. The Kier molecular flexibility index (Phi) is 3.21. The number of nitrogens with zero attached hydrogens (tertiary/aromatic N) is 2. The molecule has 1 aliphatic heterocycles. The van der Waals surface area contributed by atoms with Crippen LogP contribution in [0.3, 0.4) is 0 Å². The number of rotatable bonds is 2. The molecule has 122 valence electrons. The molecule has 0 N–H and O–H groups in total. The van der Waals surface area contributed by atoms with Gasteiger partial charge in [-0.3, -0.25) is 4.58 Å². The minimum absolute atomic E-state index is 0.0283. The lowest BCUT2D eigenvalue weighted by atomic mass is 9.83. The SMILES string of the molecule is C=CC[N+]1=CN(C(C)(C)C)C2(C1)c1ccccc1-c1ccccc12. The highest BCUT2D eigenvalue weighted by atomic mass is 15.4. The second-order valence-corrected chi connectivity index (χ2v) is 7.83. The van der Waals surface area contributed by atoms with E-state index in [1.165, 1.54) is 22.3 Å². The van der Waals surface area contributed by atoms with E-state index >= 15 is 0 Å². The average molecular weight is 317 g/mol. The van der Waals surface area contributed by atoms with Crippen molar-refractivity contribution in [2.75, 3.05) is 13.1 Å². The van der Waals surface area contributed by atoms with Gasteiger partial charge in [0.2, 0.25) is 6.34 Å². The molecule has 0 unspecified atom stereocenters. The van der Waals surface area contributed by atoms with E-state index in [4.69, 9.17) is 0 Å². The molecule has 2 nitrogen and oxygen atoms in total. The summed E-state index contributed by atoms with van der Waals surface area (Å²) in [5.74, 6) is 0. The minimum Gasteiger partial charge on any atom is -0.259 e. The molecule has 0 fully saturated rings. The maximum Gasteiger partial charge on any atom is 0.236 e. The third kappa shape index (κ3) is 1.92. The van der Waals surface area contributed by atoms with Gasteiger partial charge in [0, 0.05) is 11.1 Å². The van der Waals surface area contributed by atoms with Crippen LogP contribution in [0.2, 0.25) is 0 Å². The van der Waals surface area contributed by atoms with Crippen LogP contribution in [0.15, 0.2) is 61.2 Å². The van der Waals surface area contributed by atoms with Crippen molar-refractivity contribution < 1.29 is 4.58 Å². The number of hydrogen-bond donors (Lipinski definition) is 0. The van der Waals surface area contributed by atoms with Crippen LogP contribution in [0.1, 0.15) is 31.9 Å². The van der Waals surface area contributed by atoms with Crippen molar-refractivity contribution in [3.05, 3.63) is 72.3 Å². The Bertz CT molecular complexity index is 794. The van der Waals surface area contributed by atoms with Gasteiger partial charge in [-0.2, -0.15) is 0 Å². The van der Waals surface area contributed by atoms with Gasteiger partial charge >= 0.3 is 0 Å². The third-order valence-electron chi connectivity index (χ3n) is 5.24. The van der Waals surface area contributed by atoms with E-state index in [-0.39, 0.29) is 11.1 Å². The summed E-state index contributed by atoms with van der Waals surface area (Å²) >= 11 is 0. The molecular weight excluding hydrogens is 292 g/mol. The van der Waals surface area contributed by atoms with Crippen LogP contribution in [0.5, 0.6) is 0 Å². The molecule has 0 bridgehead atoms. The first-order valence-electron chi connectivity index (χ1n) is 8.67. The van der Waals surface area contributed by atoms with Gasteiger partial charge in [0.05, 0.1) is 5.54 Å². The smallest absolute Gasteiger partial charge is 0.236 e. The molecule has 0 amide bonds. The predicted molar refractivity (Wildman–Crippen MR) is 101 cm³/mol. The molecule has 0 saturated carbocycles. The highest BCUT2D eigenvalue weighted by Gasteiger charge is 2.59. The Morgan fingerprint density at radius 3 is 2.08 bits per heavy atom. The molecule has 2 heteroatoms. The normalized spacial score (nSPS) is 17.6. The summed E-state index contributed by atoms with van der Waals surface area (Å²) in [5, 5.41) is 0. The zero-order valence-corrected chi connectivity index (χ0v) is 14.8. The van der Waals surface area contributed by atoms with Crippen LogP contribution in [-0.2, 0) is 5.54 Å². The van der Waals surface area contributed by atoms with Crippen molar-refractivity contribution in [3.63, 3.8) is 0 Å². The van der Waals surface area contributed by atoms with Crippen molar-refractivity contribution in [2.45, 2.75) is 31.8 Å². The first-order valence-corrected chi connectivity index (χ1v) is 8.67. The van der Waals surface area contributed by atoms with Crippen LogP contribution in [0, 0.1) is 0 Å². The van der Waals surface area contributed by atoms with Gasteiger partial charge in [-0.25, -0.2) is 4.90 Å². The van der Waals surface area contributed by atoms with Crippen LogP contribution in [-0.4, -0.2) is 34.4 Å². The molecule has 2 aromatic carbocycles. The fraction of sp³-hybridized carbons (Fsp3) is 0.318. The molecule has 0 radical (unpaired) electrons. The van der Waals surface area contributed by atoms with Gasteiger partial charge < -0.3 is 0 Å². The monoisotopic (exact) mass is 317 g/mol. The maximum atomic E-state index is 3.93. The van der Waals surface area contributed by atoms with E-state index in [9.17, 15) is 0 Å². The summed E-state index contributed by atoms with van der Waals surface area (Å²) in [6.45, 7) is 12.7. The second-order valence-electron chi connectivity index (χ2n) is 7.83. The summed E-state index contributed by atoms with van der Waals surface area (Å²) in [6, 6.07) is 17.8. The summed E-state index contributed by atoms with van der Waals surface area (Å²) in [5.41, 5.74) is 5.50. The zero-order valence-electron chi connectivity index (χ0n) is 14.8. The van der Waals surface area contributed by atoms with Gasteiger partial charge in [0.25, 0.3) is 0 Å². The van der Waals surface area contributed by atoms with Crippen molar-refractivity contribution in [3.8, 4) is 11.1 Å². The van der Waals surface area contributed by atoms with E-state index in [0.29, 0.717) is 0 Å². The van der Waals surface area contributed by atoms with Crippen LogP contribution < -0.4 is 0 Å². The Labute approximate surface area is 144 Å². The first kappa shape index (κ1) is 15.2. The second kappa shape index (κ2) is 5.07. The molecule has 1 aliphatic carbocycles. The fourth-order valence-corrected chi connectivity index (χ4v) is 4.43. The lowest BCUT2D eigenvalue weighted by molar-refractivity contribution is -0.511. The highest BCUT2D eigenvalue weighted by molar-refractivity contribution is 5.83. The molecule has 1 heterocycles. The molecule has 2 aliphatic rings. The minimum atomic E-state index is -0.117. The summed E-state index contributed by atoms with van der Waals surface area (Å²) in [7, 11) is 0. The Hall–Kier alpha value is -2.35. The van der Waals surface area contributed by atoms with Gasteiger partial charge in [-0.15, -0.1) is 0 Å². The fourth-order valence-electron chi connectivity index (χ4n) is 4.43. The van der Waals surface area contributed by atoms with Crippen molar-refractivity contribution in [1.82, 2.24) is 4.90 Å². The van der Waals surface area contributed by atoms with Crippen molar-refractivity contribution in [2.24, 2.45) is 0 Å². The van der Waals surface area contributed by atoms with E-state index in [1.807, 2.05) is 6.08 Å². The maximum absolute atomic E-state index is 3.93. The Balaban J connectivity index is 2.01. The van der Waals surface area contributed by atoms with E-state index in [1.54, 1.807) is 0 Å². The lowest BCUT2D eigenvalue weighted by Crippen LogP contribution is -2.52. The summed E-state index contributed by atoms with van der Waals surface area (Å²) in [6.07, 6.45) is 4.30. The molecule has 4 rings (SSSR count). The quantitative estimate of drug-likeness (QED) is 0.593. The number of hydrogen-bond acceptors (Lipinski definition) is 1. The molecule has 0 aromatic heterocycles. The Morgan fingerprint density at radius 1 is 1.04 bits per heavy atom. The lowest BCUT2D eigenvalue weighted by Gasteiger charge is -2.38. The van der Waals surface area contributed by atoms with E-state index in [2.05, 4.69) is 91.7 Å². The molecule has 2 aromatic rings. The molecule has 0 saturated heterocycles. The zero-order chi connectivity index (χ0) is 16.9. The van der Waals surface area contributed by atoms with E-state index < -0.39 is 0 Å². The topological polar surface area (TPSA) is 6.25 Å². The molecule has 24 heavy (non-hydrogen) atoms. The summed E-state index contributed by atoms with van der Waals surface area (Å²) < 4.78 is 2.39. The summed E-state index contributed by atoms with van der Waals surface area (Å²) in [4.78, 5) is 2.55. The van der Waals surface area contributed by atoms with Crippen molar-refractivity contribution in [1.29, 1.82) is 0 Å². The number of fused-ring (bicyclic) bond motifs is 5. The predicted octanol–water partition coefficient (Wildman–Crippen LogP) is 4.25. The van der Waals surface area contributed by atoms with Gasteiger partial charge in [-0.05, 0) is 31.9 Å². The van der Waals surface area contributed by atoms with Gasteiger partial charge in [0.15, 0.2) is 5.54 Å². The first-order chi connectivity index (χ1) is 11.5. The highest BCUT2D eigenvalue weighted by Crippen LogP contribution is 2.53. The van der Waals surface area contributed by atoms with Crippen LogP contribution >= 0.6 is 0 Å². The molecule has 1 spiro atoms. The van der Waals surface area contributed by atoms with E-state index in [0.717, 1.165) is 13.1 Å². The van der Waals surface area contributed by atoms with Crippen molar-refractivity contribution >= 4 is 6.34 Å². The number of benzene rings is 2. The van der Waals surface area contributed by atoms with Crippen LogP contribution in [0.25, 0.3) is 11.1 Å². The average Bonchev–Trinajstić information content (AvgIpc) is 3.07. The van der Waals surface area contributed by atoms with Gasteiger partial charge in [-0.1, -0.05) is 61.2 Å². The third-order valence-corrected chi connectivity index (χ3v) is 5.24. The van der Waals surface area contributed by atoms with Gasteiger partial charge in [0.1, 0.15) is 13.1 Å². The molecule has 0 atom stereocenters. The Morgan fingerprint density at radius 2 is 1.58 bits per heavy atom. The van der Waals surface area contributed by atoms with Crippen LogP contribution in [0.4, 0.5) is 0 Å². The standard InChI is InChI=1S/C22H25N2/c1-5-14-23-15-22(24(16-23)21(2,3)4)19-12-8-6-10-17(19)18-11-7-9-13-20(18)22/h5-13,16H,1,14-15H2,2-4H3/q+1. The molecular formula is C22H25N2+.